The van der Waals surface area contributed by atoms with Crippen LogP contribution in [0.15, 0.2) is 48.8 Å². The molecule has 0 aliphatic rings. The van der Waals surface area contributed by atoms with Gasteiger partial charge in [0.2, 0.25) is 5.82 Å². The smallest absolute Gasteiger partial charge is 0.204 e. The first kappa shape index (κ1) is 15.1. The SMILES string of the molecule is COCCn1nnc(-c2ccc(OCc3ccncc3)cc2)n1. The van der Waals surface area contributed by atoms with Crippen LogP contribution >= 0.6 is 0 Å². The van der Waals surface area contributed by atoms with Crippen LogP contribution in [-0.2, 0) is 17.9 Å². The quantitative estimate of drug-likeness (QED) is 0.664. The molecule has 1 aromatic carbocycles. The van der Waals surface area contributed by atoms with Crippen LogP contribution < -0.4 is 4.74 Å². The van der Waals surface area contributed by atoms with Crippen molar-refractivity contribution in [3.63, 3.8) is 0 Å². The zero-order valence-corrected chi connectivity index (χ0v) is 12.8. The first-order valence-electron chi connectivity index (χ1n) is 7.24. The minimum atomic E-state index is 0.507. The molecule has 118 valence electrons. The third-order valence-electron chi connectivity index (χ3n) is 3.22. The molecule has 0 aliphatic carbocycles. The van der Waals surface area contributed by atoms with Gasteiger partial charge in [-0.1, -0.05) is 0 Å². The summed E-state index contributed by atoms with van der Waals surface area (Å²) in [7, 11) is 1.64. The highest BCUT2D eigenvalue weighted by atomic mass is 16.5. The lowest BCUT2D eigenvalue weighted by molar-refractivity contribution is 0.178. The predicted molar refractivity (Wildman–Crippen MR) is 83.7 cm³/mol. The van der Waals surface area contributed by atoms with Crippen molar-refractivity contribution in [1.29, 1.82) is 0 Å². The van der Waals surface area contributed by atoms with Crippen molar-refractivity contribution in [3.8, 4) is 17.1 Å². The van der Waals surface area contributed by atoms with Crippen LogP contribution in [0.3, 0.4) is 0 Å². The van der Waals surface area contributed by atoms with E-state index in [1.165, 1.54) is 4.80 Å². The van der Waals surface area contributed by atoms with Crippen molar-refractivity contribution in [2.45, 2.75) is 13.2 Å². The van der Waals surface area contributed by atoms with Gasteiger partial charge in [0.25, 0.3) is 0 Å². The Morgan fingerprint density at radius 3 is 2.57 bits per heavy atom. The summed E-state index contributed by atoms with van der Waals surface area (Å²) in [5.74, 6) is 1.37. The summed E-state index contributed by atoms with van der Waals surface area (Å²) in [5, 5.41) is 12.3. The zero-order valence-electron chi connectivity index (χ0n) is 12.8. The second-order valence-corrected chi connectivity index (χ2v) is 4.87. The summed E-state index contributed by atoms with van der Waals surface area (Å²) < 4.78 is 10.7. The van der Waals surface area contributed by atoms with Crippen LogP contribution in [-0.4, -0.2) is 38.9 Å². The third kappa shape index (κ3) is 4.10. The maximum absolute atomic E-state index is 5.74. The number of pyridine rings is 1. The van der Waals surface area contributed by atoms with Gasteiger partial charge in [-0.2, -0.15) is 4.80 Å². The van der Waals surface area contributed by atoms with Gasteiger partial charge in [-0.3, -0.25) is 4.98 Å². The average molecular weight is 311 g/mol. The summed E-state index contributed by atoms with van der Waals surface area (Å²) >= 11 is 0. The Morgan fingerprint density at radius 2 is 1.83 bits per heavy atom. The van der Waals surface area contributed by atoms with Crippen LogP contribution in [0.2, 0.25) is 0 Å². The van der Waals surface area contributed by atoms with E-state index in [-0.39, 0.29) is 0 Å². The van der Waals surface area contributed by atoms with Gasteiger partial charge in [0, 0.05) is 25.1 Å². The van der Waals surface area contributed by atoms with E-state index in [4.69, 9.17) is 9.47 Å². The summed E-state index contributed by atoms with van der Waals surface area (Å²) in [6.45, 7) is 1.64. The fraction of sp³-hybridized carbons (Fsp3) is 0.250. The molecule has 0 amide bonds. The van der Waals surface area contributed by atoms with Gasteiger partial charge in [0.1, 0.15) is 12.4 Å². The number of rotatable bonds is 7. The van der Waals surface area contributed by atoms with Gasteiger partial charge in [-0.25, -0.2) is 0 Å². The van der Waals surface area contributed by atoms with Gasteiger partial charge in [-0.15, -0.1) is 10.2 Å². The molecule has 7 heteroatoms. The lowest BCUT2D eigenvalue weighted by atomic mass is 10.2. The highest BCUT2D eigenvalue weighted by Gasteiger charge is 2.06. The second-order valence-electron chi connectivity index (χ2n) is 4.87. The van der Waals surface area contributed by atoms with E-state index >= 15 is 0 Å². The van der Waals surface area contributed by atoms with Gasteiger partial charge < -0.3 is 9.47 Å². The molecule has 3 rings (SSSR count). The number of benzene rings is 1. The molecular weight excluding hydrogens is 294 g/mol. The van der Waals surface area contributed by atoms with Crippen molar-refractivity contribution in [3.05, 3.63) is 54.4 Å². The highest BCUT2D eigenvalue weighted by Crippen LogP contribution is 2.19. The Hall–Kier alpha value is -2.80. The summed E-state index contributed by atoms with van der Waals surface area (Å²) in [6, 6.07) is 11.5. The average Bonchev–Trinajstić information content (AvgIpc) is 3.08. The van der Waals surface area contributed by atoms with Gasteiger partial charge >= 0.3 is 0 Å². The number of ether oxygens (including phenoxy) is 2. The molecule has 7 nitrogen and oxygen atoms in total. The lowest BCUT2D eigenvalue weighted by Crippen LogP contribution is -2.07. The Bertz CT molecular complexity index is 728. The summed E-state index contributed by atoms with van der Waals surface area (Å²) in [6.07, 6.45) is 3.50. The maximum atomic E-state index is 5.74. The molecule has 0 radical (unpaired) electrons. The van der Waals surface area contributed by atoms with E-state index in [9.17, 15) is 0 Å². The minimum Gasteiger partial charge on any atom is -0.489 e. The molecule has 0 unspecified atom stereocenters. The Morgan fingerprint density at radius 1 is 1.04 bits per heavy atom. The van der Waals surface area contributed by atoms with Crippen LogP contribution in [0.5, 0.6) is 5.75 Å². The predicted octanol–water partition coefficient (Wildman–Crippen LogP) is 1.96. The summed E-state index contributed by atoms with van der Waals surface area (Å²) in [4.78, 5) is 5.50. The van der Waals surface area contributed by atoms with E-state index in [2.05, 4.69) is 20.4 Å². The largest absolute Gasteiger partial charge is 0.489 e. The van der Waals surface area contributed by atoms with E-state index in [1.54, 1.807) is 19.5 Å². The Balaban J connectivity index is 1.61. The monoisotopic (exact) mass is 311 g/mol. The Labute approximate surface area is 133 Å². The first-order chi connectivity index (χ1) is 11.3. The van der Waals surface area contributed by atoms with Crippen molar-refractivity contribution in [1.82, 2.24) is 25.2 Å². The van der Waals surface area contributed by atoms with Gasteiger partial charge in [0.05, 0.1) is 13.2 Å². The zero-order chi connectivity index (χ0) is 15.9. The molecule has 0 saturated heterocycles. The normalized spacial score (nSPS) is 10.7. The molecule has 23 heavy (non-hydrogen) atoms. The molecular formula is C16H17N5O2. The number of methoxy groups -OCH3 is 1. The standard InChI is InChI=1S/C16H17N5O2/c1-22-11-10-21-19-16(18-20-21)14-2-4-15(5-3-14)23-12-13-6-8-17-9-7-13/h2-9H,10-12H2,1H3. The number of hydrogen-bond donors (Lipinski definition) is 0. The van der Waals surface area contributed by atoms with E-state index in [0.29, 0.717) is 25.6 Å². The van der Waals surface area contributed by atoms with Crippen molar-refractivity contribution < 1.29 is 9.47 Å². The number of nitrogens with zero attached hydrogens (tertiary/aromatic N) is 5. The fourth-order valence-corrected chi connectivity index (χ4v) is 1.97. The third-order valence-corrected chi connectivity index (χ3v) is 3.22. The van der Waals surface area contributed by atoms with Crippen molar-refractivity contribution in [2.75, 3.05) is 13.7 Å². The molecule has 2 heterocycles. The van der Waals surface area contributed by atoms with E-state index in [0.717, 1.165) is 16.9 Å². The first-order valence-corrected chi connectivity index (χ1v) is 7.24. The number of aromatic nitrogens is 5. The van der Waals surface area contributed by atoms with Gasteiger partial charge in [-0.05, 0) is 47.2 Å². The number of tetrazole rings is 1. The molecule has 0 fully saturated rings. The fourth-order valence-electron chi connectivity index (χ4n) is 1.97. The molecule has 0 bridgehead atoms. The van der Waals surface area contributed by atoms with Gasteiger partial charge in [0.15, 0.2) is 0 Å². The topological polar surface area (TPSA) is 75.0 Å². The molecule has 0 spiro atoms. The second kappa shape index (κ2) is 7.46. The maximum Gasteiger partial charge on any atom is 0.204 e. The van der Waals surface area contributed by atoms with Crippen LogP contribution in [0.1, 0.15) is 5.56 Å². The lowest BCUT2D eigenvalue weighted by Gasteiger charge is -2.06. The molecule has 2 aromatic heterocycles. The van der Waals surface area contributed by atoms with Crippen LogP contribution in [0.4, 0.5) is 0 Å². The molecule has 0 N–H and O–H groups in total. The van der Waals surface area contributed by atoms with Crippen LogP contribution in [0, 0.1) is 0 Å². The van der Waals surface area contributed by atoms with Crippen molar-refractivity contribution in [2.24, 2.45) is 0 Å². The summed E-state index contributed by atoms with van der Waals surface area (Å²) in [5.41, 5.74) is 1.97. The molecule has 0 aliphatic heterocycles. The number of hydrogen-bond acceptors (Lipinski definition) is 6. The molecule has 0 saturated carbocycles. The van der Waals surface area contributed by atoms with E-state index in [1.807, 2.05) is 36.4 Å². The van der Waals surface area contributed by atoms with Crippen molar-refractivity contribution >= 4 is 0 Å². The van der Waals surface area contributed by atoms with Crippen LogP contribution in [0.25, 0.3) is 11.4 Å². The Kier molecular flexibility index (Phi) is 4.90. The van der Waals surface area contributed by atoms with E-state index < -0.39 is 0 Å². The molecule has 3 aromatic rings. The highest BCUT2D eigenvalue weighted by molar-refractivity contribution is 5.55. The molecule has 0 atom stereocenters. The minimum absolute atomic E-state index is 0.507.